The maximum absolute atomic E-state index is 11.1. The van der Waals surface area contributed by atoms with Crippen LogP contribution in [0.2, 0.25) is 0 Å². The van der Waals surface area contributed by atoms with Crippen LogP contribution >= 0.6 is 31.9 Å². The number of aliphatic carboxylic acids is 1. The number of hydrogen-bond acceptors (Lipinski definition) is 9. The van der Waals surface area contributed by atoms with Gasteiger partial charge >= 0.3 is 29.6 Å². The van der Waals surface area contributed by atoms with Crippen molar-refractivity contribution in [3.05, 3.63) is 21.2 Å². The van der Waals surface area contributed by atoms with E-state index in [0.717, 1.165) is 5.52 Å². The van der Waals surface area contributed by atoms with Crippen molar-refractivity contribution in [3.8, 4) is 11.5 Å². The summed E-state index contributed by atoms with van der Waals surface area (Å²) in [6, 6.07) is 1.83. The minimum atomic E-state index is -1.39. The molecule has 3 N–H and O–H groups in total. The molecule has 33 heavy (non-hydrogen) atoms. The van der Waals surface area contributed by atoms with Crippen LogP contribution in [0.5, 0.6) is 11.5 Å². The number of hydrogen-bond donors (Lipinski definition) is 3. The van der Waals surface area contributed by atoms with Gasteiger partial charge in [0.05, 0.1) is 65.0 Å². The molecule has 13 heteroatoms. The van der Waals surface area contributed by atoms with Crippen molar-refractivity contribution in [2.75, 3.05) is 39.6 Å². The number of aromatic amines is 1. The molecule has 0 aliphatic carbocycles. The summed E-state index contributed by atoms with van der Waals surface area (Å²) in [4.78, 5) is 14.2. The molecule has 3 unspecified atom stereocenters. The molecule has 0 bridgehead atoms. The first-order valence-electron chi connectivity index (χ1n) is 10.00. The molecular weight excluding hydrogens is 581 g/mol. The summed E-state index contributed by atoms with van der Waals surface area (Å²) < 4.78 is 29.0. The van der Waals surface area contributed by atoms with E-state index in [4.69, 9.17) is 28.8 Å². The quantitative estimate of drug-likeness (QED) is 0.187. The number of aromatic nitrogens is 1. The molecule has 0 spiro atoms. The van der Waals surface area contributed by atoms with Gasteiger partial charge in [0.1, 0.15) is 24.2 Å². The van der Waals surface area contributed by atoms with Gasteiger partial charge in [0, 0.05) is 19.0 Å². The molecule has 2 heterocycles. The Morgan fingerprint density at radius 3 is 2.58 bits per heavy atom. The van der Waals surface area contributed by atoms with Gasteiger partial charge in [-0.15, -0.1) is 0 Å². The van der Waals surface area contributed by atoms with Crippen molar-refractivity contribution in [2.45, 2.75) is 31.3 Å². The van der Waals surface area contributed by atoms with Crippen LogP contribution in [0.4, 0.5) is 0 Å². The maximum atomic E-state index is 11.1. The number of ether oxygens (including phenoxy) is 5. The zero-order valence-corrected chi connectivity index (χ0v) is 23.2. The molecule has 1 aliphatic rings. The van der Waals surface area contributed by atoms with Gasteiger partial charge in [0.2, 0.25) is 6.29 Å². The van der Waals surface area contributed by atoms with E-state index < -0.39 is 24.5 Å². The van der Waals surface area contributed by atoms with E-state index in [-0.39, 0.29) is 62.2 Å². The van der Waals surface area contributed by atoms with Gasteiger partial charge in [0.15, 0.2) is 0 Å². The molecule has 1 saturated heterocycles. The number of H-pyrrole nitrogens is 1. The van der Waals surface area contributed by atoms with Crippen molar-refractivity contribution in [1.29, 1.82) is 0 Å². The number of carbonyl (C=O) groups excluding carboxylic acids is 1. The third-order valence-electron chi connectivity index (χ3n) is 4.65. The second kappa shape index (κ2) is 14.2. The van der Waals surface area contributed by atoms with Crippen LogP contribution in [0.3, 0.4) is 0 Å². The van der Waals surface area contributed by atoms with E-state index in [1.165, 1.54) is 0 Å². The molecule has 2 aromatic rings. The number of nitrogens with one attached hydrogen (secondary N) is 1. The summed E-state index contributed by atoms with van der Waals surface area (Å²) in [6.07, 6.45) is -1.33. The largest absolute Gasteiger partial charge is 1.00 e. The molecule has 3 rings (SSSR count). The van der Waals surface area contributed by atoms with Crippen molar-refractivity contribution >= 4 is 48.7 Å². The monoisotopic (exact) mass is 603 g/mol. The molecule has 10 nitrogen and oxygen atoms in total. The molecule has 0 saturated carbocycles. The third kappa shape index (κ3) is 8.06. The Morgan fingerprint density at radius 1 is 1.18 bits per heavy atom. The number of carboxylic acid groups (broad SMARTS) is 1. The number of aliphatic hydroxyl groups excluding tert-OH is 2. The van der Waals surface area contributed by atoms with Crippen molar-refractivity contribution in [3.63, 3.8) is 0 Å². The van der Waals surface area contributed by atoms with Gasteiger partial charge in [-0.3, -0.25) is 0 Å². The summed E-state index contributed by atoms with van der Waals surface area (Å²) in [5.74, 6) is -0.434. The molecule has 1 aromatic carbocycles. The van der Waals surface area contributed by atoms with Gasteiger partial charge in [-0.25, -0.2) is 0 Å². The first kappa shape index (κ1) is 28.8. The van der Waals surface area contributed by atoms with Crippen molar-refractivity contribution in [2.24, 2.45) is 0 Å². The summed E-state index contributed by atoms with van der Waals surface area (Å²) >= 11 is 7.04. The molecule has 1 aromatic heterocycles. The Kier molecular flexibility index (Phi) is 12.4. The predicted molar refractivity (Wildman–Crippen MR) is 117 cm³/mol. The third-order valence-corrected chi connectivity index (χ3v) is 6.00. The van der Waals surface area contributed by atoms with Gasteiger partial charge in [-0.2, -0.15) is 0 Å². The van der Waals surface area contributed by atoms with E-state index >= 15 is 0 Å². The number of aliphatic hydroxyl groups is 2. The SMILES string of the molecule is O=C([O-])C1CC(O)CC(Oc2c[nH]c3cc(Br)c(OCCOCCOCCO)c(Br)c23)O1.[Na+]. The second-order valence-electron chi connectivity index (χ2n) is 6.99. The molecular formula is C20H24Br2NNaO9. The Morgan fingerprint density at radius 2 is 1.88 bits per heavy atom. The molecule has 3 atom stereocenters. The molecule has 178 valence electrons. The van der Waals surface area contributed by atoms with Crippen molar-refractivity contribution < 1.29 is 73.4 Å². The number of benzene rings is 1. The summed E-state index contributed by atoms with van der Waals surface area (Å²) in [7, 11) is 0. The van der Waals surface area contributed by atoms with Gasteiger partial charge in [-0.05, 0) is 37.9 Å². The Bertz CT molecular complexity index is 913. The first-order valence-corrected chi connectivity index (χ1v) is 11.6. The fourth-order valence-corrected chi connectivity index (χ4v) is 4.76. The van der Waals surface area contributed by atoms with Crippen LogP contribution in [0.25, 0.3) is 10.9 Å². The average molecular weight is 605 g/mol. The summed E-state index contributed by atoms with van der Waals surface area (Å²) in [5, 5.41) is 30.4. The average Bonchev–Trinajstić information content (AvgIpc) is 3.13. The molecule has 0 radical (unpaired) electrons. The minimum absolute atomic E-state index is 0. The van der Waals surface area contributed by atoms with E-state index in [1.54, 1.807) is 6.20 Å². The summed E-state index contributed by atoms with van der Waals surface area (Å²) in [6.45, 7) is 1.66. The van der Waals surface area contributed by atoms with E-state index in [0.29, 0.717) is 45.7 Å². The van der Waals surface area contributed by atoms with Gasteiger partial charge < -0.3 is 48.8 Å². The predicted octanol–water partition coefficient (Wildman–Crippen LogP) is -1.90. The summed E-state index contributed by atoms with van der Waals surface area (Å²) in [5.41, 5.74) is 0.746. The number of halogens is 2. The standard InChI is InChI=1S/C20H25Br2NO9.Na/c21-12-9-13-17(18(22)19(12)30-6-5-29-4-3-28-2-1-24)15(10-23-13)32-16-8-11(25)7-14(31-16)20(26)27;/h9-11,14,16,23-25H,1-8H2,(H,26,27);/q;+1/p-1. The minimum Gasteiger partial charge on any atom is -0.547 e. The molecule has 0 amide bonds. The maximum Gasteiger partial charge on any atom is 1.00 e. The zero-order chi connectivity index (χ0) is 23.1. The second-order valence-corrected chi connectivity index (χ2v) is 8.64. The molecule has 1 fully saturated rings. The van der Waals surface area contributed by atoms with Crippen LogP contribution in [0.1, 0.15) is 12.8 Å². The van der Waals surface area contributed by atoms with Crippen molar-refractivity contribution in [1.82, 2.24) is 4.98 Å². The Hall–Kier alpha value is -0.410. The Balaban J connectivity index is 0.00000385. The van der Waals surface area contributed by atoms with E-state index in [2.05, 4.69) is 36.8 Å². The number of rotatable bonds is 12. The Labute approximate surface area is 229 Å². The topological polar surface area (TPSA) is 143 Å². The zero-order valence-electron chi connectivity index (χ0n) is 18.1. The van der Waals surface area contributed by atoms with E-state index in [9.17, 15) is 15.0 Å². The van der Waals surface area contributed by atoms with Crippen LogP contribution in [0.15, 0.2) is 21.2 Å². The molecule has 1 aliphatic heterocycles. The van der Waals surface area contributed by atoms with Gasteiger partial charge in [0.25, 0.3) is 0 Å². The van der Waals surface area contributed by atoms with Crippen LogP contribution < -0.4 is 44.1 Å². The van der Waals surface area contributed by atoms with Crippen LogP contribution in [0, 0.1) is 0 Å². The number of carbonyl (C=O) groups is 1. The smallest absolute Gasteiger partial charge is 0.547 e. The fraction of sp³-hybridized carbons (Fsp3) is 0.550. The normalized spacial score (nSPS) is 20.4. The first-order chi connectivity index (χ1) is 15.4. The van der Waals surface area contributed by atoms with Crippen LogP contribution in [-0.2, 0) is 19.0 Å². The number of fused-ring (bicyclic) bond motifs is 1. The van der Waals surface area contributed by atoms with Gasteiger partial charge in [-0.1, -0.05) is 0 Å². The fourth-order valence-electron chi connectivity index (χ4n) is 3.21. The van der Waals surface area contributed by atoms with Crippen LogP contribution in [-0.4, -0.2) is 79.3 Å². The van der Waals surface area contributed by atoms with E-state index in [1.807, 2.05) is 6.07 Å². The number of carboxylic acids is 1.